The molecule has 0 radical (unpaired) electrons. The molecular weight excluding hydrogens is 190 g/mol. The molecule has 0 spiro atoms. The van der Waals surface area contributed by atoms with Crippen LogP contribution in [0.4, 0.5) is 0 Å². The molecule has 0 aromatic heterocycles. The molecule has 86 valence electrons. The fraction of sp³-hybridized carbons (Fsp3) is 0.909. The van der Waals surface area contributed by atoms with E-state index in [1.54, 1.807) is 0 Å². The lowest BCUT2D eigenvalue weighted by molar-refractivity contribution is -0.123. The first kappa shape index (κ1) is 10.9. The normalized spacial score (nSPS) is 24.9. The highest BCUT2D eigenvalue weighted by Crippen LogP contribution is 2.17. The summed E-state index contributed by atoms with van der Waals surface area (Å²) in [5, 5.41) is 3.06. The molecule has 1 aliphatic heterocycles. The van der Waals surface area contributed by atoms with Crippen LogP contribution in [-0.4, -0.2) is 42.5 Å². The van der Waals surface area contributed by atoms with Crippen molar-refractivity contribution < 1.29 is 4.79 Å². The standard InChI is InChI=1S/C11H21N3O/c12-9-4-6-14(7-5-9)8-11(15)13-10-2-1-3-10/h9-10H,1-8,12H2,(H,13,15). The highest BCUT2D eigenvalue weighted by atomic mass is 16.2. The predicted octanol–water partition coefficient (Wildman–Crippen LogP) is 0.0782. The first-order valence-corrected chi connectivity index (χ1v) is 6.01. The molecule has 3 N–H and O–H groups in total. The van der Waals surface area contributed by atoms with Gasteiger partial charge in [0, 0.05) is 25.2 Å². The summed E-state index contributed by atoms with van der Waals surface area (Å²) in [5.41, 5.74) is 5.81. The summed E-state index contributed by atoms with van der Waals surface area (Å²) in [6.45, 7) is 2.50. The van der Waals surface area contributed by atoms with Crippen LogP contribution in [0.3, 0.4) is 0 Å². The average molecular weight is 211 g/mol. The number of piperidine rings is 1. The number of likely N-dealkylation sites (tertiary alicyclic amines) is 1. The van der Waals surface area contributed by atoms with Crippen molar-refractivity contribution in [3.63, 3.8) is 0 Å². The minimum absolute atomic E-state index is 0.190. The lowest BCUT2D eigenvalue weighted by atomic mass is 9.93. The molecule has 0 aromatic carbocycles. The molecule has 1 saturated heterocycles. The Morgan fingerprint density at radius 3 is 2.47 bits per heavy atom. The average Bonchev–Trinajstić information content (AvgIpc) is 2.16. The second-order valence-corrected chi connectivity index (χ2v) is 4.81. The predicted molar refractivity (Wildman–Crippen MR) is 59.4 cm³/mol. The van der Waals surface area contributed by atoms with Crippen LogP contribution in [0.5, 0.6) is 0 Å². The molecule has 0 aromatic rings. The van der Waals surface area contributed by atoms with Crippen molar-refractivity contribution in [3.05, 3.63) is 0 Å². The summed E-state index contributed by atoms with van der Waals surface area (Å²) < 4.78 is 0. The molecule has 2 aliphatic rings. The van der Waals surface area contributed by atoms with E-state index in [9.17, 15) is 4.79 Å². The lowest BCUT2D eigenvalue weighted by Gasteiger charge is -2.31. The van der Waals surface area contributed by atoms with Crippen molar-refractivity contribution in [1.29, 1.82) is 0 Å². The Morgan fingerprint density at radius 1 is 1.27 bits per heavy atom. The largest absolute Gasteiger partial charge is 0.352 e. The van der Waals surface area contributed by atoms with Gasteiger partial charge in [-0.2, -0.15) is 0 Å². The molecule has 4 nitrogen and oxygen atoms in total. The number of nitrogens with one attached hydrogen (secondary N) is 1. The van der Waals surface area contributed by atoms with Crippen LogP contribution in [0, 0.1) is 0 Å². The van der Waals surface area contributed by atoms with Crippen LogP contribution in [0.2, 0.25) is 0 Å². The van der Waals surface area contributed by atoms with Gasteiger partial charge < -0.3 is 11.1 Å². The van der Waals surface area contributed by atoms with Crippen LogP contribution in [-0.2, 0) is 4.79 Å². The summed E-state index contributed by atoms with van der Waals surface area (Å²) in [6.07, 6.45) is 5.64. The van der Waals surface area contributed by atoms with Crippen LogP contribution >= 0.6 is 0 Å². The molecule has 4 heteroatoms. The third-order valence-electron chi connectivity index (χ3n) is 3.47. The van der Waals surface area contributed by atoms with Gasteiger partial charge in [-0.1, -0.05) is 0 Å². The van der Waals surface area contributed by atoms with Gasteiger partial charge in [-0.3, -0.25) is 9.69 Å². The van der Waals surface area contributed by atoms with E-state index in [4.69, 9.17) is 5.73 Å². The molecule has 0 atom stereocenters. The molecule has 1 saturated carbocycles. The number of carbonyl (C=O) groups is 1. The number of nitrogens with two attached hydrogens (primary N) is 1. The highest BCUT2D eigenvalue weighted by Gasteiger charge is 2.22. The van der Waals surface area contributed by atoms with Crippen LogP contribution in [0.1, 0.15) is 32.1 Å². The van der Waals surface area contributed by atoms with Crippen molar-refractivity contribution in [1.82, 2.24) is 10.2 Å². The van der Waals surface area contributed by atoms with Crippen molar-refractivity contribution in [2.45, 2.75) is 44.2 Å². The first-order chi connectivity index (χ1) is 7.24. The van der Waals surface area contributed by atoms with E-state index in [1.165, 1.54) is 6.42 Å². The van der Waals surface area contributed by atoms with E-state index in [0.29, 0.717) is 18.6 Å². The zero-order valence-corrected chi connectivity index (χ0v) is 9.24. The fourth-order valence-corrected chi connectivity index (χ4v) is 2.14. The summed E-state index contributed by atoms with van der Waals surface area (Å²) in [6, 6.07) is 0.806. The molecular formula is C11H21N3O. The number of amides is 1. The van der Waals surface area contributed by atoms with Gasteiger partial charge in [-0.05, 0) is 32.1 Å². The summed E-state index contributed by atoms with van der Waals surface area (Å²) in [7, 11) is 0. The second kappa shape index (κ2) is 4.94. The second-order valence-electron chi connectivity index (χ2n) is 4.81. The minimum atomic E-state index is 0.190. The van der Waals surface area contributed by atoms with Gasteiger partial charge in [-0.15, -0.1) is 0 Å². The lowest BCUT2D eigenvalue weighted by Crippen LogP contribution is -2.47. The molecule has 2 rings (SSSR count). The van der Waals surface area contributed by atoms with Gasteiger partial charge in [0.1, 0.15) is 0 Å². The van der Waals surface area contributed by atoms with Crippen LogP contribution < -0.4 is 11.1 Å². The maximum atomic E-state index is 11.6. The van der Waals surface area contributed by atoms with Gasteiger partial charge in [0.25, 0.3) is 0 Å². The number of hydrogen-bond acceptors (Lipinski definition) is 3. The zero-order valence-electron chi connectivity index (χ0n) is 9.24. The van der Waals surface area contributed by atoms with Crippen molar-refractivity contribution in [2.24, 2.45) is 5.73 Å². The number of hydrogen-bond donors (Lipinski definition) is 2. The van der Waals surface area contributed by atoms with E-state index in [0.717, 1.165) is 38.8 Å². The Bertz CT molecular complexity index is 220. The van der Waals surface area contributed by atoms with E-state index < -0.39 is 0 Å². The molecule has 2 fully saturated rings. The number of carbonyl (C=O) groups excluding carboxylic acids is 1. The van der Waals surface area contributed by atoms with E-state index in [2.05, 4.69) is 10.2 Å². The molecule has 0 bridgehead atoms. The maximum absolute atomic E-state index is 11.6. The van der Waals surface area contributed by atoms with Gasteiger partial charge in [0.15, 0.2) is 0 Å². The summed E-state index contributed by atoms with van der Waals surface area (Å²) in [5.74, 6) is 0.190. The Balaban J connectivity index is 1.64. The van der Waals surface area contributed by atoms with E-state index >= 15 is 0 Å². The monoisotopic (exact) mass is 211 g/mol. The van der Waals surface area contributed by atoms with Crippen molar-refractivity contribution in [3.8, 4) is 0 Å². The van der Waals surface area contributed by atoms with Crippen LogP contribution in [0.25, 0.3) is 0 Å². The van der Waals surface area contributed by atoms with Gasteiger partial charge in [0.05, 0.1) is 6.54 Å². The topological polar surface area (TPSA) is 58.4 Å². The Morgan fingerprint density at radius 2 is 1.93 bits per heavy atom. The SMILES string of the molecule is NC1CCN(CC(=O)NC2CCC2)CC1. The number of nitrogens with zero attached hydrogens (tertiary/aromatic N) is 1. The molecule has 1 aliphatic carbocycles. The van der Waals surface area contributed by atoms with E-state index in [1.807, 2.05) is 0 Å². The minimum Gasteiger partial charge on any atom is -0.352 e. The first-order valence-electron chi connectivity index (χ1n) is 6.01. The van der Waals surface area contributed by atoms with Crippen molar-refractivity contribution >= 4 is 5.91 Å². The van der Waals surface area contributed by atoms with E-state index in [-0.39, 0.29) is 5.91 Å². The number of rotatable bonds is 3. The maximum Gasteiger partial charge on any atom is 0.234 e. The summed E-state index contributed by atoms with van der Waals surface area (Å²) in [4.78, 5) is 13.8. The van der Waals surface area contributed by atoms with Gasteiger partial charge >= 0.3 is 0 Å². The zero-order chi connectivity index (χ0) is 10.7. The summed E-state index contributed by atoms with van der Waals surface area (Å²) >= 11 is 0. The highest BCUT2D eigenvalue weighted by molar-refractivity contribution is 5.78. The van der Waals surface area contributed by atoms with Crippen molar-refractivity contribution in [2.75, 3.05) is 19.6 Å². The smallest absolute Gasteiger partial charge is 0.234 e. The van der Waals surface area contributed by atoms with Gasteiger partial charge in [-0.25, -0.2) is 0 Å². The molecule has 15 heavy (non-hydrogen) atoms. The Labute approximate surface area is 91.2 Å². The Hall–Kier alpha value is -0.610. The fourth-order valence-electron chi connectivity index (χ4n) is 2.14. The van der Waals surface area contributed by atoms with Gasteiger partial charge in [0.2, 0.25) is 5.91 Å². The quantitative estimate of drug-likeness (QED) is 0.695. The molecule has 0 unspecified atom stereocenters. The third kappa shape index (κ3) is 3.18. The Kier molecular flexibility index (Phi) is 3.59. The molecule has 1 heterocycles. The molecule has 1 amide bonds. The third-order valence-corrected chi connectivity index (χ3v) is 3.47. The van der Waals surface area contributed by atoms with Crippen LogP contribution in [0.15, 0.2) is 0 Å².